The molecule has 2 heterocycles. The molecule has 0 unspecified atom stereocenters. The zero-order valence-corrected chi connectivity index (χ0v) is 21.7. The van der Waals surface area contributed by atoms with Gasteiger partial charge in [-0.25, -0.2) is 8.42 Å². The molecule has 0 radical (unpaired) electrons. The fraction of sp³-hybridized carbons (Fsp3) is 0.375. The van der Waals surface area contributed by atoms with E-state index in [9.17, 15) is 34.8 Å². The van der Waals surface area contributed by atoms with E-state index < -0.39 is 40.6 Å². The monoisotopic (exact) mass is 590 g/mol. The van der Waals surface area contributed by atoms with Gasteiger partial charge in [0.25, 0.3) is 0 Å². The third kappa shape index (κ3) is 7.71. The highest BCUT2D eigenvalue weighted by Gasteiger charge is 2.32. The first kappa shape index (κ1) is 29.3. The number of benzene rings is 2. The Kier molecular flexibility index (Phi) is 8.39. The number of nitrogens with zero attached hydrogens (tertiary/aromatic N) is 4. The Morgan fingerprint density at radius 2 is 1.60 bits per heavy atom. The Balaban J connectivity index is 1.49. The largest absolute Gasteiger partial charge is 0.454 e. The van der Waals surface area contributed by atoms with Gasteiger partial charge in [-0.15, -0.1) is 0 Å². The minimum Gasteiger partial charge on any atom is -0.454 e. The molecule has 16 heteroatoms. The van der Waals surface area contributed by atoms with Crippen LogP contribution in [0.2, 0.25) is 0 Å². The predicted octanol–water partition coefficient (Wildman–Crippen LogP) is 5.15. The van der Waals surface area contributed by atoms with E-state index in [1.54, 1.807) is 12.1 Å². The van der Waals surface area contributed by atoms with Crippen LogP contribution in [0.3, 0.4) is 0 Å². The van der Waals surface area contributed by atoms with E-state index in [0.29, 0.717) is 12.8 Å². The molecule has 3 aromatic rings. The molecule has 1 aromatic heterocycles. The zero-order chi connectivity index (χ0) is 29.1. The number of hydrogen-bond donors (Lipinski definition) is 2. The number of halogens is 6. The van der Waals surface area contributed by atoms with Crippen molar-refractivity contribution in [3.8, 4) is 6.01 Å². The molecule has 1 fully saturated rings. The fourth-order valence-electron chi connectivity index (χ4n) is 3.87. The Morgan fingerprint density at radius 1 is 0.950 bits per heavy atom. The van der Waals surface area contributed by atoms with Crippen LogP contribution < -0.4 is 15.4 Å². The van der Waals surface area contributed by atoms with Crippen molar-refractivity contribution >= 4 is 27.6 Å². The second kappa shape index (κ2) is 11.4. The summed E-state index contributed by atoms with van der Waals surface area (Å²) in [5.41, 5.74) is -0.103. The summed E-state index contributed by atoms with van der Waals surface area (Å²) in [5, 5.41) is 5.46. The molecule has 40 heavy (non-hydrogen) atoms. The summed E-state index contributed by atoms with van der Waals surface area (Å²) in [5.74, 6) is -0.546. The normalized spacial score (nSPS) is 15.6. The molecule has 0 aliphatic carbocycles. The number of nitrogens with one attached hydrogen (secondary N) is 2. The summed E-state index contributed by atoms with van der Waals surface area (Å²) in [6.07, 6.45) is -8.66. The van der Waals surface area contributed by atoms with Crippen molar-refractivity contribution in [2.24, 2.45) is 0 Å². The van der Waals surface area contributed by atoms with E-state index in [0.717, 1.165) is 23.8 Å². The van der Waals surface area contributed by atoms with Crippen LogP contribution in [0.15, 0.2) is 53.4 Å². The maximum atomic E-state index is 13.1. The average Bonchev–Trinajstić information content (AvgIpc) is 2.87. The summed E-state index contributed by atoms with van der Waals surface area (Å²) in [6, 6.07) is 9.48. The van der Waals surface area contributed by atoms with Crippen molar-refractivity contribution in [3.05, 3.63) is 59.7 Å². The van der Waals surface area contributed by atoms with Crippen LogP contribution in [0.4, 0.5) is 43.9 Å². The van der Waals surface area contributed by atoms with Crippen molar-refractivity contribution in [3.63, 3.8) is 0 Å². The minimum absolute atomic E-state index is 0.0663. The Labute approximate surface area is 225 Å². The van der Waals surface area contributed by atoms with Crippen LogP contribution in [0, 0.1) is 6.92 Å². The van der Waals surface area contributed by atoms with Crippen LogP contribution in [0.1, 0.15) is 24.0 Å². The number of aromatic nitrogens is 3. The first-order valence-electron chi connectivity index (χ1n) is 11.9. The second-order valence-electron chi connectivity index (χ2n) is 9.01. The molecule has 0 atom stereocenters. The molecule has 0 amide bonds. The summed E-state index contributed by atoms with van der Waals surface area (Å²) >= 11 is 0. The smallest absolute Gasteiger partial charge is 0.422 e. The van der Waals surface area contributed by atoms with Gasteiger partial charge in [0.2, 0.25) is 21.9 Å². The number of anilines is 3. The molecule has 1 aliphatic rings. The topological polar surface area (TPSA) is 109 Å². The quantitative estimate of drug-likeness (QED) is 0.347. The molecule has 0 bridgehead atoms. The highest BCUT2D eigenvalue weighted by Crippen LogP contribution is 2.31. The SMILES string of the molecule is Cc1ccc(S(=O)(=O)N2CCC(Nc3nc(Nc4cccc(C(F)(F)F)c4)nc(OCC(F)(F)F)n3)CC2)cc1. The van der Waals surface area contributed by atoms with E-state index in [4.69, 9.17) is 0 Å². The van der Waals surface area contributed by atoms with Gasteiger partial charge in [-0.3, -0.25) is 0 Å². The van der Waals surface area contributed by atoms with Gasteiger partial charge < -0.3 is 15.4 Å². The molecule has 9 nitrogen and oxygen atoms in total. The van der Waals surface area contributed by atoms with Crippen LogP contribution in [0.5, 0.6) is 6.01 Å². The van der Waals surface area contributed by atoms with Gasteiger partial charge in [-0.05, 0) is 50.1 Å². The van der Waals surface area contributed by atoms with Crippen LogP contribution in [-0.4, -0.2) is 59.6 Å². The van der Waals surface area contributed by atoms with Crippen LogP contribution in [0.25, 0.3) is 0 Å². The second-order valence-corrected chi connectivity index (χ2v) is 10.9. The van der Waals surface area contributed by atoms with E-state index in [-0.39, 0.29) is 41.6 Å². The summed E-state index contributed by atoms with van der Waals surface area (Å²) in [4.78, 5) is 11.8. The molecule has 216 valence electrons. The van der Waals surface area contributed by atoms with E-state index >= 15 is 0 Å². The van der Waals surface area contributed by atoms with Gasteiger partial charge in [-0.2, -0.15) is 45.6 Å². The van der Waals surface area contributed by atoms with Gasteiger partial charge >= 0.3 is 18.4 Å². The predicted molar refractivity (Wildman–Crippen MR) is 133 cm³/mol. The molecule has 4 rings (SSSR count). The van der Waals surface area contributed by atoms with E-state index in [2.05, 4.69) is 30.3 Å². The summed E-state index contributed by atoms with van der Waals surface area (Å²) < 4.78 is 109. The molecule has 0 saturated carbocycles. The van der Waals surface area contributed by atoms with Gasteiger partial charge in [0.1, 0.15) is 0 Å². The van der Waals surface area contributed by atoms with E-state index in [1.165, 1.54) is 22.5 Å². The Hall–Kier alpha value is -3.66. The summed E-state index contributed by atoms with van der Waals surface area (Å²) in [6.45, 7) is 0.459. The molecule has 1 saturated heterocycles. The van der Waals surface area contributed by atoms with E-state index in [1.807, 2.05) is 6.92 Å². The van der Waals surface area contributed by atoms with Crippen molar-refractivity contribution in [1.82, 2.24) is 19.3 Å². The first-order valence-corrected chi connectivity index (χ1v) is 13.4. The zero-order valence-electron chi connectivity index (χ0n) is 20.9. The number of hydrogen-bond acceptors (Lipinski definition) is 8. The lowest BCUT2D eigenvalue weighted by molar-refractivity contribution is -0.154. The number of rotatable bonds is 8. The van der Waals surface area contributed by atoms with Gasteiger partial charge in [-0.1, -0.05) is 23.8 Å². The molecular weight excluding hydrogens is 566 g/mol. The number of aryl methyl sites for hydroxylation is 1. The summed E-state index contributed by atoms with van der Waals surface area (Å²) in [7, 11) is -3.71. The number of alkyl halides is 6. The van der Waals surface area contributed by atoms with Crippen molar-refractivity contribution in [2.75, 3.05) is 30.3 Å². The van der Waals surface area contributed by atoms with Crippen molar-refractivity contribution < 1.29 is 39.5 Å². The van der Waals surface area contributed by atoms with Crippen molar-refractivity contribution in [2.45, 2.75) is 43.1 Å². The Morgan fingerprint density at radius 3 is 2.23 bits per heavy atom. The highest BCUT2D eigenvalue weighted by molar-refractivity contribution is 7.89. The maximum absolute atomic E-state index is 13.1. The average molecular weight is 591 g/mol. The number of piperidine rings is 1. The molecular formula is C24H24F6N6O3S. The lowest BCUT2D eigenvalue weighted by atomic mass is 10.1. The Bertz CT molecular complexity index is 1430. The first-order chi connectivity index (χ1) is 18.7. The lowest BCUT2D eigenvalue weighted by Gasteiger charge is -2.31. The minimum atomic E-state index is -4.69. The standard InChI is InChI=1S/C24H24F6N6O3S/c1-15-5-7-19(8-6-15)40(37,38)36-11-9-17(10-12-36)31-20-33-21(35-22(34-20)39-14-23(25,26)27)32-18-4-2-3-16(13-18)24(28,29)30/h2-8,13,17H,9-12,14H2,1H3,(H2,31,32,33,34,35). The fourth-order valence-corrected chi connectivity index (χ4v) is 5.34. The number of sulfonamides is 1. The molecule has 1 aliphatic heterocycles. The third-order valence-electron chi connectivity index (χ3n) is 5.87. The highest BCUT2D eigenvalue weighted by atomic mass is 32.2. The van der Waals surface area contributed by atoms with Gasteiger partial charge in [0.05, 0.1) is 10.5 Å². The maximum Gasteiger partial charge on any atom is 0.422 e. The van der Waals surface area contributed by atoms with Gasteiger partial charge in [0, 0.05) is 24.8 Å². The van der Waals surface area contributed by atoms with Crippen LogP contribution >= 0.6 is 0 Å². The third-order valence-corrected chi connectivity index (χ3v) is 7.78. The van der Waals surface area contributed by atoms with Gasteiger partial charge in [0.15, 0.2) is 6.61 Å². The van der Waals surface area contributed by atoms with Crippen LogP contribution in [-0.2, 0) is 16.2 Å². The molecule has 2 N–H and O–H groups in total. The van der Waals surface area contributed by atoms with Crippen molar-refractivity contribution in [1.29, 1.82) is 0 Å². The lowest BCUT2D eigenvalue weighted by Crippen LogP contribution is -2.42. The molecule has 0 spiro atoms. The molecule has 2 aromatic carbocycles. The number of ether oxygens (including phenoxy) is 1.